The summed E-state index contributed by atoms with van der Waals surface area (Å²) in [5.74, 6) is 0.796. The number of rotatable bonds is 3. The van der Waals surface area contributed by atoms with E-state index in [0.717, 1.165) is 17.0 Å². The minimum atomic E-state index is -0.447. The van der Waals surface area contributed by atoms with Crippen LogP contribution in [0.5, 0.6) is 5.75 Å². The molecule has 1 aliphatic rings. The largest absolute Gasteiger partial charge is 0.516 e. The Morgan fingerprint density at radius 2 is 1.77 bits per heavy atom. The number of hydrogen-bond donors (Lipinski definition) is 0. The zero-order valence-corrected chi connectivity index (χ0v) is 13.7. The predicted molar refractivity (Wildman–Crippen MR) is 85.8 cm³/mol. The normalized spacial score (nSPS) is 19.4. The van der Waals surface area contributed by atoms with Crippen molar-refractivity contribution in [2.24, 2.45) is 0 Å². The lowest BCUT2D eigenvalue weighted by Crippen LogP contribution is -2.41. The van der Waals surface area contributed by atoms with E-state index in [1.807, 2.05) is 64.2 Å². The van der Waals surface area contributed by atoms with Gasteiger partial charge in [-0.15, -0.1) is 0 Å². The highest BCUT2D eigenvalue weighted by atomic mass is 16.7. The van der Waals surface area contributed by atoms with E-state index in [1.165, 1.54) is 0 Å². The molecule has 0 aliphatic carbocycles. The quantitative estimate of drug-likeness (QED) is 0.815. The molecule has 0 N–H and O–H groups in total. The summed E-state index contributed by atoms with van der Waals surface area (Å²) in [5.41, 5.74) is 0.970. The first-order chi connectivity index (χ1) is 10.3. The van der Waals surface area contributed by atoms with Crippen LogP contribution in [0, 0.1) is 0 Å². The smallest absolute Gasteiger partial charge is 0.497 e. The maximum absolute atomic E-state index is 6.02. The summed E-state index contributed by atoms with van der Waals surface area (Å²) < 4.78 is 19.1. The summed E-state index contributed by atoms with van der Waals surface area (Å²) in [5, 5.41) is 4.58. The molecule has 0 spiro atoms. The maximum atomic E-state index is 6.02. The second-order valence-corrected chi connectivity index (χ2v) is 6.47. The molecule has 1 saturated heterocycles. The molecular formula is C16H21BN2O3. The van der Waals surface area contributed by atoms with Gasteiger partial charge in [0.15, 0.2) is 0 Å². The third kappa shape index (κ3) is 2.53. The standard InChI is InChI=1S/C16H21BN2O3/c1-15(2)16(3,4)22-17(21-15)14-9-10-19(18-14)12-7-6-8-13(11-12)20-5/h6-11H,1-5H3. The van der Waals surface area contributed by atoms with Crippen molar-refractivity contribution in [2.45, 2.75) is 38.9 Å². The van der Waals surface area contributed by atoms with Gasteiger partial charge in [-0.05, 0) is 45.9 Å². The van der Waals surface area contributed by atoms with Crippen LogP contribution in [0.15, 0.2) is 36.5 Å². The highest BCUT2D eigenvalue weighted by molar-refractivity contribution is 6.61. The van der Waals surface area contributed by atoms with Gasteiger partial charge in [-0.2, -0.15) is 5.10 Å². The van der Waals surface area contributed by atoms with Crippen LogP contribution in [-0.2, 0) is 9.31 Å². The first kappa shape index (κ1) is 15.1. The fourth-order valence-corrected chi connectivity index (χ4v) is 2.32. The van der Waals surface area contributed by atoms with Gasteiger partial charge in [-0.3, -0.25) is 0 Å². The Bertz CT molecular complexity index is 666. The summed E-state index contributed by atoms with van der Waals surface area (Å²) in [6.45, 7) is 8.14. The van der Waals surface area contributed by atoms with Crippen LogP contribution in [0.1, 0.15) is 27.7 Å². The lowest BCUT2D eigenvalue weighted by Gasteiger charge is -2.32. The van der Waals surface area contributed by atoms with Crippen molar-refractivity contribution >= 4 is 12.7 Å². The van der Waals surface area contributed by atoms with Crippen molar-refractivity contribution in [3.05, 3.63) is 36.5 Å². The molecule has 0 amide bonds. The van der Waals surface area contributed by atoms with Gasteiger partial charge in [0, 0.05) is 12.3 Å². The van der Waals surface area contributed by atoms with E-state index >= 15 is 0 Å². The zero-order valence-electron chi connectivity index (χ0n) is 13.7. The number of benzene rings is 1. The van der Waals surface area contributed by atoms with Gasteiger partial charge in [0.1, 0.15) is 5.75 Å². The maximum Gasteiger partial charge on any atom is 0.516 e. The molecule has 22 heavy (non-hydrogen) atoms. The van der Waals surface area contributed by atoms with Crippen molar-refractivity contribution in [1.29, 1.82) is 0 Å². The third-order valence-corrected chi connectivity index (χ3v) is 4.42. The Labute approximate surface area is 131 Å². The molecule has 5 nitrogen and oxygen atoms in total. The van der Waals surface area contributed by atoms with Crippen LogP contribution in [-0.4, -0.2) is 35.2 Å². The topological polar surface area (TPSA) is 45.5 Å². The summed E-state index contributed by atoms with van der Waals surface area (Å²) in [6, 6.07) is 9.67. The van der Waals surface area contributed by atoms with Crippen LogP contribution in [0.4, 0.5) is 0 Å². The monoisotopic (exact) mass is 300 g/mol. The molecule has 1 aromatic carbocycles. The van der Waals surface area contributed by atoms with E-state index in [2.05, 4.69) is 5.10 Å². The van der Waals surface area contributed by atoms with Gasteiger partial charge in [-0.1, -0.05) is 6.07 Å². The van der Waals surface area contributed by atoms with Gasteiger partial charge in [0.25, 0.3) is 0 Å². The lowest BCUT2D eigenvalue weighted by atomic mass is 9.85. The molecule has 0 atom stereocenters. The van der Waals surface area contributed by atoms with E-state index in [1.54, 1.807) is 11.8 Å². The number of hydrogen-bond acceptors (Lipinski definition) is 4. The highest BCUT2D eigenvalue weighted by Gasteiger charge is 2.52. The van der Waals surface area contributed by atoms with Gasteiger partial charge in [0.2, 0.25) is 0 Å². The van der Waals surface area contributed by atoms with E-state index in [-0.39, 0.29) is 11.2 Å². The summed E-state index contributed by atoms with van der Waals surface area (Å²) in [6.07, 6.45) is 1.90. The van der Waals surface area contributed by atoms with Crippen molar-refractivity contribution in [2.75, 3.05) is 7.11 Å². The van der Waals surface area contributed by atoms with Crippen molar-refractivity contribution < 1.29 is 14.0 Å². The van der Waals surface area contributed by atoms with E-state index < -0.39 is 7.12 Å². The molecule has 1 fully saturated rings. The van der Waals surface area contributed by atoms with Crippen molar-refractivity contribution in [3.63, 3.8) is 0 Å². The SMILES string of the molecule is COc1cccc(-n2ccc(B3OC(C)(C)C(C)(C)O3)n2)c1. The minimum absolute atomic E-state index is 0.364. The van der Waals surface area contributed by atoms with Crippen LogP contribution in [0.3, 0.4) is 0 Å². The van der Waals surface area contributed by atoms with Crippen LogP contribution < -0.4 is 10.3 Å². The van der Waals surface area contributed by atoms with E-state index in [0.29, 0.717) is 0 Å². The van der Waals surface area contributed by atoms with E-state index in [9.17, 15) is 0 Å². The molecule has 0 radical (unpaired) electrons. The van der Waals surface area contributed by atoms with E-state index in [4.69, 9.17) is 14.0 Å². The van der Waals surface area contributed by atoms with Gasteiger partial charge < -0.3 is 14.0 Å². The van der Waals surface area contributed by atoms with Gasteiger partial charge >= 0.3 is 7.12 Å². The molecular weight excluding hydrogens is 279 g/mol. The fourth-order valence-electron chi connectivity index (χ4n) is 2.32. The number of ether oxygens (including phenoxy) is 1. The van der Waals surface area contributed by atoms with Crippen LogP contribution in [0.25, 0.3) is 5.69 Å². The molecule has 0 unspecified atom stereocenters. The molecule has 0 bridgehead atoms. The third-order valence-electron chi connectivity index (χ3n) is 4.42. The van der Waals surface area contributed by atoms with Crippen molar-refractivity contribution in [1.82, 2.24) is 9.78 Å². The van der Waals surface area contributed by atoms with Gasteiger partial charge in [-0.25, -0.2) is 4.68 Å². The summed E-state index contributed by atoms with van der Waals surface area (Å²) in [4.78, 5) is 0. The Morgan fingerprint density at radius 1 is 1.09 bits per heavy atom. The van der Waals surface area contributed by atoms with Gasteiger partial charge in [0.05, 0.1) is 29.6 Å². The first-order valence-corrected chi connectivity index (χ1v) is 7.38. The molecule has 2 aromatic rings. The number of nitrogens with zero attached hydrogens (tertiary/aromatic N) is 2. The first-order valence-electron chi connectivity index (χ1n) is 7.38. The second-order valence-electron chi connectivity index (χ2n) is 6.47. The number of aromatic nitrogens is 2. The predicted octanol–water partition coefficient (Wildman–Crippen LogP) is 2.18. The summed E-state index contributed by atoms with van der Waals surface area (Å²) >= 11 is 0. The average Bonchev–Trinajstić information content (AvgIpc) is 3.02. The Kier molecular flexibility index (Phi) is 3.53. The molecule has 1 aliphatic heterocycles. The van der Waals surface area contributed by atoms with Crippen LogP contribution in [0.2, 0.25) is 0 Å². The summed E-state index contributed by atoms with van der Waals surface area (Å²) in [7, 11) is 1.20. The Hall–Kier alpha value is -1.79. The van der Waals surface area contributed by atoms with Crippen LogP contribution >= 0.6 is 0 Å². The zero-order chi connectivity index (χ0) is 16.0. The Morgan fingerprint density at radius 3 is 2.41 bits per heavy atom. The Balaban J connectivity index is 1.86. The second kappa shape index (κ2) is 5.14. The van der Waals surface area contributed by atoms with Crippen molar-refractivity contribution in [3.8, 4) is 11.4 Å². The molecule has 6 heteroatoms. The molecule has 0 saturated carbocycles. The minimum Gasteiger partial charge on any atom is -0.497 e. The fraction of sp³-hybridized carbons (Fsp3) is 0.438. The molecule has 1 aromatic heterocycles. The molecule has 2 heterocycles. The average molecular weight is 300 g/mol. The molecule has 116 valence electrons. The highest BCUT2D eigenvalue weighted by Crippen LogP contribution is 2.36. The number of methoxy groups -OCH3 is 1. The lowest BCUT2D eigenvalue weighted by molar-refractivity contribution is 0.00578. The molecule has 3 rings (SSSR count).